The van der Waals surface area contributed by atoms with Crippen molar-refractivity contribution in [2.75, 3.05) is 27.3 Å². The molecule has 0 spiro atoms. The number of ether oxygens (including phenoxy) is 2. The lowest BCUT2D eigenvalue weighted by Crippen LogP contribution is -2.27. The van der Waals surface area contributed by atoms with E-state index in [9.17, 15) is 13.2 Å². The molecule has 9 nitrogen and oxygen atoms in total. The van der Waals surface area contributed by atoms with E-state index >= 15 is 0 Å². The summed E-state index contributed by atoms with van der Waals surface area (Å²) < 4.78 is 39.8. The van der Waals surface area contributed by atoms with Gasteiger partial charge in [-0.3, -0.25) is 4.79 Å². The lowest BCUT2D eigenvalue weighted by molar-refractivity contribution is 0.0239. The molecule has 0 aromatic carbocycles. The van der Waals surface area contributed by atoms with Crippen molar-refractivity contribution in [3.63, 3.8) is 0 Å². The highest BCUT2D eigenvalue weighted by Gasteiger charge is 2.25. The summed E-state index contributed by atoms with van der Waals surface area (Å²) in [6, 6.07) is 3.39. The molecule has 10 heteroatoms. The predicted octanol–water partition coefficient (Wildman–Crippen LogP) is 1.81. The maximum atomic E-state index is 12.7. The molecule has 0 bridgehead atoms. The van der Waals surface area contributed by atoms with E-state index in [0.29, 0.717) is 35.9 Å². The first-order valence-corrected chi connectivity index (χ1v) is 11.1. The van der Waals surface area contributed by atoms with Gasteiger partial charge in [-0.2, -0.15) is 0 Å². The molecule has 3 aromatic heterocycles. The SMILES string of the molecule is Cc1cc(-c2cc(S(=O)(=O)N(C)C)cnc2OC2CCOCC2)n2cc[nH]c(=O)c12. The molecule has 160 valence electrons. The molecular formula is C20H24N4O5S. The van der Waals surface area contributed by atoms with E-state index in [0.717, 1.165) is 22.7 Å². The first-order chi connectivity index (χ1) is 14.3. The van der Waals surface area contributed by atoms with Gasteiger partial charge in [-0.25, -0.2) is 17.7 Å². The second kappa shape index (κ2) is 7.86. The average molecular weight is 433 g/mol. The standard InChI is InChI=1S/C20H24N4O5S/c1-13-10-17(24-7-6-21-19(25)18(13)24)16-11-15(30(26,27)23(2)3)12-22-20(16)29-14-4-8-28-9-5-14/h6-7,10-12,14H,4-5,8-9H2,1-3H3,(H,21,25). The third-order valence-corrected chi connectivity index (χ3v) is 6.99. The summed E-state index contributed by atoms with van der Waals surface area (Å²) in [6.45, 7) is 3.05. The fourth-order valence-corrected chi connectivity index (χ4v) is 4.45. The van der Waals surface area contributed by atoms with Crippen LogP contribution in [-0.4, -0.2) is 60.5 Å². The summed E-state index contributed by atoms with van der Waals surface area (Å²) >= 11 is 0. The number of pyridine rings is 1. The van der Waals surface area contributed by atoms with Crippen LogP contribution in [0.25, 0.3) is 16.8 Å². The molecular weight excluding hydrogens is 408 g/mol. The first-order valence-electron chi connectivity index (χ1n) is 9.65. The molecule has 0 saturated carbocycles. The highest BCUT2D eigenvalue weighted by molar-refractivity contribution is 7.89. The largest absolute Gasteiger partial charge is 0.474 e. The van der Waals surface area contributed by atoms with E-state index in [1.807, 2.05) is 13.0 Å². The Bertz CT molecular complexity index is 1240. The van der Waals surface area contributed by atoms with Crippen molar-refractivity contribution in [3.8, 4) is 17.1 Å². The van der Waals surface area contributed by atoms with E-state index in [4.69, 9.17) is 9.47 Å². The van der Waals surface area contributed by atoms with Crippen molar-refractivity contribution in [1.29, 1.82) is 0 Å². The number of fused-ring (bicyclic) bond motifs is 1. The van der Waals surface area contributed by atoms with Gasteiger partial charge in [-0.1, -0.05) is 0 Å². The minimum atomic E-state index is -3.69. The zero-order valence-corrected chi connectivity index (χ0v) is 17.9. The molecule has 30 heavy (non-hydrogen) atoms. The molecule has 1 saturated heterocycles. The maximum Gasteiger partial charge on any atom is 0.272 e. The topological polar surface area (TPSA) is 106 Å². The van der Waals surface area contributed by atoms with Crippen molar-refractivity contribution < 1.29 is 17.9 Å². The number of aromatic amines is 1. The molecule has 0 unspecified atom stereocenters. The summed E-state index contributed by atoms with van der Waals surface area (Å²) in [5.74, 6) is 0.333. The Kier molecular flexibility index (Phi) is 5.39. The fraction of sp³-hybridized carbons (Fsp3) is 0.400. The van der Waals surface area contributed by atoms with Crippen LogP contribution in [0.1, 0.15) is 18.4 Å². The molecule has 1 N–H and O–H groups in total. The summed E-state index contributed by atoms with van der Waals surface area (Å²) in [4.78, 5) is 19.4. The zero-order valence-electron chi connectivity index (χ0n) is 17.1. The number of aromatic nitrogens is 3. The van der Waals surface area contributed by atoms with Crippen LogP contribution in [0, 0.1) is 6.92 Å². The van der Waals surface area contributed by atoms with Gasteiger partial charge in [0.25, 0.3) is 5.56 Å². The Labute approximate surface area is 174 Å². The number of nitrogens with zero attached hydrogens (tertiary/aromatic N) is 3. The van der Waals surface area contributed by atoms with Crippen LogP contribution >= 0.6 is 0 Å². The lowest BCUT2D eigenvalue weighted by Gasteiger charge is -2.24. The maximum absolute atomic E-state index is 12.7. The normalized spacial score (nSPS) is 15.7. The van der Waals surface area contributed by atoms with Crippen molar-refractivity contribution in [1.82, 2.24) is 18.7 Å². The number of H-pyrrole nitrogens is 1. The first kappa shape index (κ1) is 20.6. The van der Waals surface area contributed by atoms with Crippen LogP contribution in [-0.2, 0) is 14.8 Å². The van der Waals surface area contributed by atoms with Gasteiger partial charge < -0.3 is 18.9 Å². The van der Waals surface area contributed by atoms with E-state index in [1.54, 1.807) is 22.9 Å². The van der Waals surface area contributed by atoms with E-state index in [1.165, 1.54) is 20.3 Å². The molecule has 0 radical (unpaired) electrons. The lowest BCUT2D eigenvalue weighted by atomic mass is 10.1. The van der Waals surface area contributed by atoms with Crippen LogP contribution < -0.4 is 10.3 Å². The molecule has 0 atom stereocenters. The second-order valence-corrected chi connectivity index (χ2v) is 9.61. The van der Waals surface area contributed by atoms with Crippen molar-refractivity contribution in [2.45, 2.75) is 30.8 Å². The summed E-state index contributed by atoms with van der Waals surface area (Å²) in [7, 11) is -0.754. The fourth-order valence-electron chi connectivity index (χ4n) is 3.57. The van der Waals surface area contributed by atoms with Gasteiger partial charge in [0.15, 0.2) is 0 Å². The smallest absolute Gasteiger partial charge is 0.272 e. The second-order valence-electron chi connectivity index (χ2n) is 7.46. The number of aryl methyl sites for hydroxylation is 1. The minimum Gasteiger partial charge on any atom is -0.474 e. The van der Waals surface area contributed by atoms with Gasteiger partial charge in [-0.05, 0) is 24.6 Å². The highest BCUT2D eigenvalue weighted by atomic mass is 32.2. The monoisotopic (exact) mass is 432 g/mol. The van der Waals surface area contributed by atoms with Crippen LogP contribution in [0.3, 0.4) is 0 Å². The van der Waals surface area contributed by atoms with Crippen LogP contribution in [0.5, 0.6) is 5.88 Å². The van der Waals surface area contributed by atoms with Gasteiger partial charge in [0.05, 0.1) is 30.7 Å². The quantitative estimate of drug-likeness (QED) is 0.659. The Morgan fingerprint density at radius 2 is 2.00 bits per heavy atom. The summed E-state index contributed by atoms with van der Waals surface area (Å²) in [5, 5.41) is 0. The van der Waals surface area contributed by atoms with E-state index in [2.05, 4.69) is 9.97 Å². The average Bonchev–Trinajstić information content (AvgIpc) is 3.06. The molecule has 0 amide bonds. The minimum absolute atomic E-state index is 0.0549. The van der Waals surface area contributed by atoms with Gasteiger partial charge in [0.1, 0.15) is 16.5 Å². The number of sulfonamides is 1. The molecule has 4 rings (SSSR count). The molecule has 1 aliphatic heterocycles. The Morgan fingerprint density at radius 1 is 1.27 bits per heavy atom. The van der Waals surface area contributed by atoms with Gasteiger partial charge in [0.2, 0.25) is 15.9 Å². The molecule has 1 fully saturated rings. The molecule has 0 aliphatic carbocycles. The van der Waals surface area contributed by atoms with Gasteiger partial charge in [0, 0.05) is 39.3 Å². The van der Waals surface area contributed by atoms with Crippen molar-refractivity contribution in [3.05, 3.63) is 46.6 Å². The summed E-state index contributed by atoms with van der Waals surface area (Å²) in [5.41, 5.74) is 2.19. The predicted molar refractivity (Wildman–Crippen MR) is 111 cm³/mol. The van der Waals surface area contributed by atoms with Crippen molar-refractivity contribution in [2.24, 2.45) is 0 Å². The number of nitrogens with one attached hydrogen (secondary N) is 1. The van der Waals surface area contributed by atoms with Crippen LogP contribution in [0.4, 0.5) is 0 Å². The van der Waals surface area contributed by atoms with Crippen LogP contribution in [0.15, 0.2) is 40.4 Å². The third-order valence-electron chi connectivity index (χ3n) is 5.21. The highest BCUT2D eigenvalue weighted by Crippen LogP contribution is 2.34. The molecule has 4 heterocycles. The van der Waals surface area contributed by atoms with Gasteiger partial charge in [-0.15, -0.1) is 0 Å². The number of rotatable bonds is 5. The molecule has 3 aromatic rings. The van der Waals surface area contributed by atoms with Crippen LogP contribution in [0.2, 0.25) is 0 Å². The molecule has 1 aliphatic rings. The van der Waals surface area contributed by atoms with Crippen molar-refractivity contribution >= 4 is 15.5 Å². The number of hydrogen-bond acceptors (Lipinski definition) is 6. The Hall–Kier alpha value is -2.69. The van der Waals surface area contributed by atoms with E-state index < -0.39 is 10.0 Å². The summed E-state index contributed by atoms with van der Waals surface area (Å²) in [6.07, 6.45) is 5.97. The van der Waals surface area contributed by atoms with Gasteiger partial charge >= 0.3 is 0 Å². The Morgan fingerprint density at radius 3 is 2.70 bits per heavy atom. The zero-order chi connectivity index (χ0) is 21.5. The number of hydrogen-bond donors (Lipinski definition) is 1. The third kappa shape index (κ3) is 3.62. The van der Waals surface area contributed by atoms with E-state index in [-0.39, 0.29) is 16.6 Å². The Balaban J connectivity index is 1.91.